The van der Waals surface area contributed by atoms with Gasteiger partial charge in [-0.05, 0) is 78.8 Å². The van der Waals surface area contributed by atoms with Crippen molar-refractivity contribution in [2.75, 3.05) is 4.90 Å². The lowest BCUT2D eigenvalue weighted by Crippen LogP contribution is -2.29. The zero-order chi connectivity index (χ0) is 22.9. The first-order valence-electron chi connectivity index (χ1n) is 10.7. The van der Waals surface area contributed by atoms with E-state index in [0.29, 0.717) is 20.9 Å². The number of pyridine rings is 1. The summed E-state index contributed by atoms with van der Waals surface area (Å²) in [7, 11) is 0. The molecule has 1 aliphatic heterocycles. The molecule has 0 aliphatic carbocycles. The van der Waals surface area contributed by atoms with Gasteiger partial charge in [0.2, 0.25) is 0 Å². The fourth-order valence-corrected chi connectivity index (χ4v) is 5.01. The summed E-state index contributed by atoms with van der Waals surface area (Å²) in [6.07, 6.45) is 2.77. The molecule has 0 amide bonds. The number of aromatic nitrogens is 1. The molecule has 7 heteroatoms. The number of rotatable bonds is 5. The molecule has 0 bridgehead atoms. The number of benzene rings is 2. The maximum Gasteiger partial charge on any atom is 0.174 e. The minimum absolute atomic E-state index is 0.177. The van der Waals surface area contributed by atoms with Gasteiger partial charge in [0.15, 0.2) is 5.11 Å². The number of aryl methyl sites for hydroxylation is 1. The molecule has 4 aromatic rings. The van der Waals surface area contributed by atoms with Crippen molar-refractivity contribution in [1.82, 2.24) is 10.3 Å². The molecule has 5 rings (SSSR count). The largest absolute Gasteiger partial charge is 0.459 e. The van der Waals surface area contributed by atoms with E-state index in [1.807, 2.05) is 36.4 Å². The summed E-state index contributed by atoms with van der Waals surface area (Å²) in [5.41, 5.74) is 3.94. The van der Waals surface area contributed by atoms with Crippen LogP contribution in [0.4, 0.5) is 5.69 Å². The topological polar surface area (TPSA) is 41.3 Å². The molecule has 0 spiro atoms. The van der Waals surface area contributed by atoms with Crippen LogP contribution in [-0.4, -0.2) is 10.1 Å². The van der Waals surface area contributed by atoms with Gasteiger partial charge in [0.1, 0.15) is 17.6 Å². The van der Waals surface area contributed by atoms with E-state index in [-0.39, 0.29) is 12.1 Å². The Labute approximate surface area is 208 Å². The first kappa shape index (κ1) is 22.0. The van der Waals surface area contributed by atoms with Gasteiger partial charge in [-0.2, -0.15) is 0 Å². The van der Waals surface area contributed by atoms with E-state index in [9.17, 15) is 0 Å². The van der Waals surface area contributed by atoms with Crippen molar-refractivity contribution in [3.63, 3.8) is 0 Å². The SMILES string of the molecule is CCc1ccc(N2C(=S)N[C@@H](c3ccccn3)[C@H]2c2ccc(-c3ccc(Cl)cc3Cl)o2)cc1. The highest BCUT2D eigenvalue weighted by Crippen LogP contribution is 2.43. The van der Waals surface area contributed by atoms with Crippen molar-refractivity contribution in [1.29, 1.82) is 0 Å². The summed E-state index contributed by atoms with van der Waals surface area (Å²) in [4.78, 5) is 6.69. The number of nitrogens with zero attached hydrogens (tertiary/aromatic N) is 2. The fraction of sp³-hybridized carbons (Fsp3) is 0.154. The normalized spacial score (nSPS) is 17.9. The third kappa shape index (κ3) is 4.24. The number of nitrogens with one attached hydrogen (secondary N) is 1. The minimum Gasteiger partial charge on any atom is -0.459 e. The van der Waals surface area contributed by atoms with Gasteiger partial charge in [-0.1, -0.05) is 48.3 Å². The van der Waals surface area contributed by atoms with Crippen LogP contribution in [0.3, 0.4) is 0 Å². The summed E-state index contributed by atoms with van der Waals surface area (Å²) >= 11 is 18.3. The predicted octanol–water partition coefficient (Wildman–Crippen LogP) is 7.39. The molecule has 33 heavy (non-hydrogen) atoms. The summed E-state index contributed by atoms with van der Waals surface area (Å²) in [5.74, 6) is 1.43. The molecule has 0 radical (unpaired) electrons. The van der Waals surface area contributed by atoms with Gasteiger partial charge in [-0.3, -0.25) is 4.98 Å². The second kappa shape index (κ2) is 9.18. The quantitative estimate of drug-likeness (QED) is 0.293. The standard InChI is InChI=1S/C26H21Cl2N3OS/c1-2-16-6-9-18(10-7-16)31-25(24(30-26(31)33)21-5-3-4-14-29-21)23-13-12-22(32-23)19-11-8-17(27)15-20(19)28/h3-15,24-25H,2H2,1H3,(H,30,33)/t24-,25+/m0/s1. The van der Waals surface area contributed by atoms with Gasteiger partial charge >= 0.3 is 0 Å². The third-order valence-corrected chi connectivity index (χ3v) is 6.70. The molecule has 0 unspecified atom stereocenters. The van der Waals surface area contributed by atoms with E-state index in [1.54, 1.807) is 18.3 Å². The molecule has 166 valence electrons. The Hall–Kier alpha value is -2.86. The van der Waals surface area contributed by atoms with Crippen molar-refractivity contribution < 1.29 is 4.42 Å². The zero-order valence-electron chi connectivity index (χ0n) is 17.8. The van der Waals surface area contributed by atoms with Crippen LogP contribution in [0.5, 0.6) is 0 Å². The number of halogens is 2. The number of anilines is 1. The molecule has 1 saturated heterocycles. The lowest BCUT2D eigenvalue weighted by Gasteiger charge is -2.26. The first-order chi connectivity index (χ1) is 16.0. The number of thiocarbonyl (C=S) groups is 1. The van der Waals surface area contributed by atoms with Gasteiger partial charge in [-0.15, -0.1) is 0 Å². The molecule has 3 heterocycles. The van der Waals surface area contributed by atoms with Gasteiger partial charge in [0.05, 0.1) is 16.8 Å². The highest BCUT2D eigenvalue weighted by molar-refractivity contribution is 7.80. The van der Waals surface area contributed by atoms with E-state index >= 15 is 0 Å². The molecule has 2 aromatic carbocycles. The van der Waals surface area contributed by atoms with Crippen LogP contribution >= 0.6 is 35.4 Å². The molecule has 1 N–H and O–H groups in total. The smallest absolute Gasteiger partial charge is 0.174 e. The van der Waals surface area contributed by atoms with Crippen LogP contribution < -0.4 is 10.2 Å². The monoisotopic (exact) mass is 493 g/mol. The van der Waals surface area contributed by atoms with E-state index in [2.05, 4.69) is 46.4 Å². The summed E-state index contributed by atoms with van der Waals surface area (Å²) in [6, 6.07) is 23.2. The molecular formula is C26H21Cl2N3OS. The zero-order valence-corrected chi connectivity index (χ0v) is 20.2. The van der Waals surface area contributed by atoms with E-state index in [0.717, 1.165) is 29.1 Å². The van der Waals surface area contributed by atoms with Crippen molar-refractivity contribution in [2.45, 2.75) is 25.4 Å². The molecule has 2 aromatic heterocycles. The molecule has 4 nitrogen and oxygen atoms in total. The van der Waals surface area contributed by atoms with E-state index < -0.39 is 0 Å². The molecule has 1 aliphatic rings. The van der Waals surface area contributed by atoms with Crippen molar-refractivity contribution in [3.05, 3.63) is 106 Å². The Morgan fingerprint density at radius 2 is 1.85 bits per heavy atom. The Bertz CT molecular complexity index is 1290. The van der Waals surface area contributed by atoms with E-state index in [1.165, 1.54) is 5.56 Å². The maximum atomic E-state index is 6.44. The van der Waals surface area contributed by atoms with Crippen molar-refractivity contribution in [2.24, 2.45) is 0 Å². The number of hydrogen-bond acceptors (Lipinski definition) is 3. The number of furan rings is 1. The summed E-state index contributed by atoms with van der Waals surface area (Å²) in [6.45, 7) is 2.14. The fourth-order valence-electron chi connectivity index (χ4n) is 4.16. The van der Waals surface area contributed by atoms with Crippen LogP contribution in [0, 0.1) is 0 Å². The lowest BCUT2D eigenvalue weighted by atomic mass is 10.0. The average Bonchev–Trinajstić information content (AvgIpc) is 3.44. The Balaban J connectivity index is 1.59. The minimum atomic E-state index is -0.222. The van der Waals surface area contributed by atoms with Gasteiger partial charge in [-0.25, -0.2) is 0 Å². The summed E-state index contributed by atoms with van der Waals surface area (Å²) in [5, 5.41) is 5.20. The van der Waals surface area contributed by atoms with Crippen LogP contribution in [0.15, 0.2) is 83.4 Å². The molecule has 0 saturated carbocycles. The Morgan fingerprint density at radius 3 is 2.55 bits per heavy atom. The van der Waals surface area contributed by atoms with Gasteiger partial charge in [0, 0.05) is 22.5 Å². The Kier molecular flexibility index (Phi) is 6.11. The van der Waals surface area contributed by atoms with E-state index in [4.69, 9.17) is 39.8 Å². The van der Waals surface area contributed by atoms with Gasteiger partial charge in [0.25, 0.3) is 0 Å². The van der Waals surface area contributed by atoms with Crippen LogP contribution in [0.2, 0.25) is 10.0 Å². The predicted molar refractivity (Wildman–Crippen MR) is 138 cm³/mol. The van der Waals surface area contributed by atoms with Crippen molar-refractivity contribution >= 4 is 46.2 Å². The second-order valence-electron chi connectivity index (χ2n) is 7.84. The second-order valence-corrected chi connectivity index (χ2v) is 9.07. The first-order valence-corrected chi connectivity index (χ1v) is 11.9. The average molecular weight is 494 g/mol. The molecular weight excluding hydrogens is 473 g/mol. The molecule has 2 atom stereocenters. The highest BCUT2D eigenvalue weighted by Gasteiger charge is 2.42. The van der Waals surface area contributed by atoms with Gasteiger partial charge < -0.3 is 14.6 Å². The molecule has 1 fully saturated rings. The highest BCUT2D eigenvalue weighted by atomic mass is 35.5. The Morgan fingerprint density at radius 1 is 1.03 bits per heavy atom. The number of hydrogen-bond donors (Lipinski definition) is 1. The maximum absolute atomic E-state index is 6.44. The lowest BCUT2D eigenvalue weighted by molar-refractivity contribution is 0.439. The summed E-state index contributed by atoms with van der Waals surface area (Å²) < 4.78 is 6.37. The van der Waals surface area contributed by atoms with Crippen LogP contribution in [0.25, 0.3) is 11.3 Å². The van der Waals surface area contributed by atoms with Crippen LogP contribution in [0.1, 0.15) is 36.0 Å². The third-order valence-electron chi connectivity index (χ3n) is 5.84. The van der Waals surface area contributed by atoms with Crippen molar-refractivity contribution in [3.8, 4) is 11.3 Å². The van der Waals surface area contributed by atoms with Crippen LogP contribution in [-0.2, 0) is 6.42 Å².